The Morgan fingerprint density at radius 3 is 1.11 bits per heavy atom. The Kier molecular flexibility index (Phi) is 9.27. The largest absolute Gasteiger partial charge is 0.159 e. The molecule has 0 amide bonds. The highest BCUT2D eigenvalue weighted by molar-refractivity contribution is 7.99. The summed E-state index contributed by atoms with van der Waals surface area (Å²) in [5, 5.41) is 0. The van der Waals surface area contributed by atoms with Crippen LogP contribution in [0.25, 0.3) is 0 Å². The molecule has 1 heteroatoms. The van der Waals surface area contributed by atoms with Crippen molar-refractivity contribution < 1.29 is 0 Å². The summed E-state index contributed by atoms with van der Waals surface area (Å²) in [7, 11) is 0. The van der Waals surface area contributed by atoms with Gasteiger partial charge in [0.1, 0.15) is 0 Å². The summed E-state index contributed by atoms with van der Waals surface area (Å²) < 4.78 is 0.570. The molecule has 0 nitrogen and oxygen atoms in total. The molecule has 108 valence electrons. The third-order valence-electron chi connectivity index (χ3n) is 4.65. The first-order valence-electron chi connectivity index (χ1n) is 8.32. The summed E-state index contributed by atoms with van der Waals surface area (Å²) in [6.45, 7) is 2.50. The van der Waals surface area contributed by atoms with Crippen molar-refractivity contribution in [2.45, 2.75) is 102 Å². The molecule has 0 N–H and O–H groups in total. The zero-order valence-electron chi connectivity index (χ0n) is 12.8. The molecule has 0 heterocycles. The molecule has 1 saturated carbocycles. The van der Waals surface area contributed by atoms with Crippen molar-refractivity contribution in [1.29, 1.82) is 0 Å². The first-order chi connectivity index (χ1) is 8.77. The second kappa shape index (κ2) is 10.2. The number of hydrogen-bond donors (Lipinski definition) is 0. The molecular weight excluding hydrogens is 236 g/mol. The van der Waals surface area contributed by atoms with Crippen molar-refractivity contribution in [3.05, 3.63) is 0 Å². The molecular formula is C17H34S. The lowest BCUT2D eigenvalue weighted by atomic mass is 9.95. The Labute approximate surface area is 120 Å². The number of thioether (sulfide) groups is 1. The summed E-state index contributed by atoms with van der Waals surface area (Å²) in [5.41, 5.74) is 0. The predicted molar refractivity (Wildman–Crippen MR) is 86.6 cm³/mol. The van der Waals surface area contributed by atoms with E-state index in [9.17, 15) is 0 Å². The molecule has 1 rings (SSSR count). The Bertz CT molecular complexity index is 172. The topological polar surface area (TPSA) is 0 Å². The van der Waals surface area contributed by atoms with Gasteiger partial charge >= 0.3 is 0 Å². The smallest absolute Gasteiger partial charge is 0.0129 e. The van der Waals surface area contributed by atoms with E-state index >= 15 is 0 Å². The van der Waals surface area contributed by atoms with Gasteiger partial charge in [-0.3, -0.25) is 0 Å². The molecule has 0 spiro atoms. The lowest BCUT2D eigenvalue weighted by Crippen LogP contribution is -2.19. The van der Waals surface area contributed by atoms with E-state index in [0.717, 1.165) is 0 Å². The average Bonchev–Trinajstić information content (AvgIpc) is 2.39. The second-order valence-electron chi connectivity index (χ2n) is 6.40. The summed E-state index contributed by atoms with van der Waals surface area (Å²) >= 11 is 2.11. The zero-order chi connectivity index (χ0) is 13.1. The van der Waals surface area contributed by atoms with Gasteiger partial charge in [0.05, 0.1) is 0 Å². The van der Waals surface area contributed by atoms with Gasteiger partial charge in [0.15, 0.2) is 0 Å². The average molecular weight is 271 g/mol. The fourth-order valence-corrected chi connectivity index (χ4v) is 3.79. The SMILES string of the molecule is CSC1(C)CCCCCCCCCCCCCC1. The van der Waals surface area contributed by atoms with Crippen LogP contribution in [0.4, 0.5) is 0 Å². The van der Waals surface area contributed by atoms with Crippen molar-refractivity contribution in [2.24, 2.45) is 0 Å². The zero-order valence-corrected chi connectivity index (χ0v) is 13.6. The van der Waals surface area contributed by atoms with Crippen LogP contribution >= 0.6 is 11.8 Å². The predicted octanol–water partition coefficient (Wildman–Crippen LogP) is 6.58. The molecule has 0 aromatic heterocycles. The standard InChI is InChI=1S/C17H34S/c1-17(18-2)15-13-11-9-7-5-3-4-6-8-10-12-14-16-17/h3-16H2,1-2H3. The van der Waals surface area contributed by atoms with Gasteiger partial charge in [0.2, 0.25) is 0 Å². The van der Waals surface area contributed by atoms with Crippen molar-refractivity contribution >= 4 is 11.8 Å². The minimum atomic E-state index is 0.570. The fraction of sp³-hybridized carbons (Fsp3) is 1.00. The third kappa shape index (κ3) is 7.71. The number of rotatable bonds is 1. The van der Waals surface area contributed by atoms with Gasteiger partial charge in [-0.1, -0.05) is 84.0 Å². The first kappa shape index (κ1) is 16.4. The van der Waals surface area contributed by atoms with Gasteiger partial charge in [-0.15, -0.1) is 0 Å². The highest BCUT2D eigenvalue weighted by Crippen LogP contribution is 2.34. The van der Waals surface area contributed by atoms with E-state index in [1.54, 1.807) is 0 Å². The Hall–Kier alpha value is 0.350. The molecule has 0 saturated heterocycles. The molecule has 0 radical (unpaired) electrons. The Morgan fingerprint density at radius 1 is 0.556 bits per heavy atom. The molecule has 0 aromatic rings. The molecule has 0 aliphatic heterocycles. The van der Waals surface area contributed by atoms with Crippen molar-refractivity contribution in [2.75, 3.05) is 6.26 Å². The van der Waals surface area contributed by atoms with E-state index in [2.05, 4.69) is 24.9 Å². The van der Waals surface area contributed by atoms with E-state index in [-0.39, 0.29) is 0 Å². The fourth-order valence-electron chi connectivity index (χ4n) is 3.09. The Morgan fingerprint density at radius 2 is 0.833 bits per heavy atom. The Balaban J connectivity index is 2.29. The molecule has 0 bridgehead atoms. The van der Waals surface area contributed by atoms with Crippen LogP contribution in [0.3, 0.4) is 0 Å². The first-order valence-corrected chi connectivity index (χ1v) is 9.54. The maximum atomic E-state index is 2.50. The van der Waals surface area contributed by atoms with Crippen LogP contribution in [0.15, 0.2) is 0 Å². The van der Waals surface area contributed by atoms with Crippen LogP contribution in [0, 0.1) is 0 Å². The van der Waals surface area contributed by atoms with E-state index in [4.69, 9.17) is 0 Å². The molecule has 1 aliphatic carbocycles. The van der Waals surface area contributed by atoms with E-state index < -0.39 is 0 Å². The summed E-state index contributed by atoms with van der Waals surface area (Å²) in [6, 6.07) is 0. The molecule has 1 fully saturated rings. The maximum absolute atomic E-state index is 2.50. The molecule has 1 aliphatic rings. The lowest BCUT2D eigenvalue weighted by molar-refractivity contribution is 0.472. The summed E-state index contributed by atoms with van der Waals surface area (Å²) in [6.07, 6.45) is 22.9. The highest BCUT2D eigenvalue weighted by Gasteiger charge is 2.21. The van der Waals surface area contributed by atoms with Crippen LogP contribution in [-0.2, 0) is 0 Å². The van der Waals surface area contributed by atoms with Gasteiger partial charge in [-0.25, -0.2) is 0 Å². The number of hydrogen-bond acceptors (Lipinski definition) is 1. The van der Waals surface area contributed by atoms with Crippen LogP contribution in [0.5, 0.6) is 0 Å². The van der Waals surface area contributed by atoms with Crippen molar-refractivity contribution in [3.8, 4) is 0 Å². The second-order valence-corrected chi connectivity index (χ2v) is 7.79. The quantitative estimate of drug-likeness (QED) is 0.518. The van der Waals surface area contributed by atoms with Crippen LogP contribution in [0.2, 0.25) is 0 Å². The lowest BCUT2D eigenvalue weighted by Gasteiger charge is -2.27. The van der Waals surface area contributed by atoms with Gasteiger partial charge in [0.25, 0.3) is 0 Å². The van der Waals surface area contributed by atoms with E-state index in [1.165, 1.54) is 89.9 Å². The molecule has 18 heavy (non-hydrogen) atoms. The molecule has 0 atom stereocenters. The van der Waals surface area contributed by atoms with Gasteiger partial charge in [-0.2, -0.15) is 11.8 Å². The van der Waals surface area contributed by atoms with Crippen LogP contribution in [0.1, 0.15) is 96.8 Å². The van der Waals surface area contributed by atoms with Gasteiger partial charge in [-0.05, 0) is 19.1 Å². The molecule has 0 unspecified atom stereocenters. The van der Waals surface area contributed by atoms with E-state index in [0.29, 0.717) is 4.75 Å². The van der Waals surface area contributed by atoms with Crippen molar-refractivity contribution in [1.82, 2.24) is 0 Å². The van der Waals surface area contributed by atoms with Gasteiger partial charge < -0.3 is 0 Å². The molecule has 0 aromatic carbocycles. The van der Waals surface area contributed by atoms with Crippen molar-refractivity contribution in [3.63, 3.8) is 0 Å². The third-order valence-corrected chi connectivity index (χ3v) is 6.05. The minimum absolute atomic E-state index is 0.570. The monoisotopic (exact) mass is 270 g/mol. The van der Waals surface area contributed by atoms with Gasteiger partial charge in [0, 0.05) is 4.75 Å². The van der Waals surface area contributed by atoms with E-state index in [1.807, 2.05) is 0 Å². The van der Waals surface area contributed by atoms with Crippen LogP contribution in [-0.4, -0.2) is 11.0 Å². The van der Waals surface area contributed by atoms with Crippen LogP contribution < -0.4 is 0 Å². The normalized spacial score (nSPS) is 25.0. The summed E-state index contributed by atoms with van der Waals surface area (Å²) in [5.74, 6) is 0. The minimum Gasteiger partial charge on any atom is -0.159 e. The highest BCUT2D eigenvalue weighted by atomic mass is 32.2. The summed E-state index contributed by atoms with van der Waals surface area (Å²) in [4.78, 5) is 0. The maximum Gasteiger partial charge on any atom is 0.0129 e.